The topological polar surface area (TPSA) is 25.8 Å². The minimum Gasteiger partial charge on any atom is -0.226 e. The molecule has 0 unspecified atom stereocenters. The third kappa shape index (κ3) is 2.22. The van der Waals surface area contributed by atoms with Crippen LogP contribution >= 0.6 is 34.5 Å². The van der Waals surface area contributed by atoms with E-state index in [-0.39, 0.29) is 0 Å². The van der Waals surface area contributed by atoms with Gasteiger partial charge in [-0.15, -0.1) is 11.3 Å². The molecule has 0 atom stereocenters. The zero-order valence-corrected chi connectivity index (χ0v) is 12.7. The highest BCUT2D eigenvalue weighted by atomic mass is 35.5. The maximum Gasteiger partial charge on any atom is 0.171 e. The maximum atomic E-state index is 6.29. The highest BCUT2D eigenvalue weighted by molar-refractivity contribution is 7.15. The lowest BCUT2D eigenvalue weighted by molar-refractivity contribution is 1.23. The fourth-order valence-electron chi connectivity index (χ4n) is 1.98. The molecule has 0 amide bonds. The molecule has 19 heavy (non-hydrogen) atoms. The Balaban J connectivity index is 2.33. The van der Waals surface area contributed by atoms with E-state index >= 15 is 0 Å². The first-order valence-electron chi connectivity index (χ1n) is 5.75. The summed E-state index contributed by atoms with van der Waals surface area (Å²) in [6, 6.07) is 7.81. The number of benzene rings is 1. The summed E-state index contributed by atoms with van der Waals surface area (Å²) in [6.07, 6.45) is 0. The van der Waals surface area contributed by atoms with E-state index in [1.807, 2.05) is 38.1 Å². The molecule has 0 saturated carbocycles. The molecule has 0 N–H and O–H groups in total. The predicted octanol–water partition coefficient (Wildman–Crippen LogP) is 5.28. The summed E-state index contributed by atoms with van der Waals surface area (Å²) in [5, 5.41) is 1.87. The molecule has 96 valence electrons. The van der Waals surface area contributed by atoms with Crippen LogP contribution in [0.25, 0.3) is 21.6 Å². The molecule has 0 bridgehead atoms. The molecule has 0 aliphatic heterocycles. The Kier molecular flexibility index (Phi) is 3.21. The number of nitrogens with zero attached hydrogens (tertiary/aromatic N) is 2. The van der Waals surface area contributed by atoms with E-state index in [1.165, 1.54) is 4.88 Å². The van der Waals surface area contributed by atoms with Crippen molar-refractivity contribution in [1.29, 1.82) is 0 Å². The Morgan fingerprint density at radius 3 is 2.47 bits per heavy atom. The number of hydrogen-bond donors (Lipinski definition) is 0. The molecular weight excluding hydrogens is 299 g/mol. The fourth-order valence-corrected chi connectivity index (χ4v) is 3.30. The monoisotopic (exact) mass is 308 g/mol. The largest absolute Gasteiger partial charge is 0.226 e. The van der Waals surface area contributed by atoms with Gasteiger partial charge in [0, 0.05) is 10.3 Å². The SMILES string of the molecule is Cc1ccc(-c2nc(Cl)c3c(C)ccc(Cl)c3n2)s1. The Morgan fingerprint density at radius 2 is 1.79 bits per heavy atom. The summed E-state index contributed by atoms with van der Waals surface area (Å²) in [4.78, 5) is 11.2. The van der Waals surface area contributed by atoms with Crippen LogP contribution in [0.3, 0.4) is 0 Å². The normalized spacial score (nSPS) is 11.2. The van der Waals surface area contributed by atoms with E-state index in [0.29, 0.717) is 21.5 Å². The van der Waals surface area contributed by atoms with Crippen LogP contribution in [-0.2, 0) is 0 Å². The third-order valence-corrected chi connectivity index (χ3v) is 4.50. The van der Waals surface area contributed by atoms with E-state index in [2.05, 4.69) is 9.97 Å². The molecule has 3 rings (SSSR count). The second-order valence-corrected chi connectivity index (χ2v) is 6.39. The van der Waals surface area contributed by atoms with Crippen LogP contribution in [0.2, 0.25) is 10.2 Å². The summed E-state index contributed by atoms with van der Waals surface area (Å²) in [6.45, 7) is 4.02. The summed E-state index contributed by atoms with van der Waals surface area (Å²) in [7, 11) is 0. The van der Waals surface area contributed by atoms with Gasteiger partial charge in [0.15, 0.2) is 5.82 Å². The van der Waals surface area contributed by atoms with Crippen molar-refractivity contribution >= 4 is 45.4 Å². The van der Waals surface area contributed by atoms with Crippen LogP contribution in [0.1, 0.15) is 10.4 Å². The van der Waals surface area contributed by atoms with Gasteiger partial charge in [-0.25, -0.2) is 9.97 Å². The molecule has 5 heteroatoms. The first kappa shape index (κ1) is 12.9. The minimum atomic E-state index is 0.450. The molecule has 0 fully saturated rings. The van der Waals surface area contributed by atoms with Crippen molar-refractivity contribution in [2.75, 3.05) is 0 Å². The van der Waals surface area contributed by atoms with Crippen molar-refractivity contribution in [1.82, 2.24) is 9.97 Å². The van der Waals surface area contributed by atoms with Gasteiger partial charge in [-0.2, -0.15) is 0 Å². The fraction of sp³-hybridized carbons (Fsp3) is 0.143. The lowest BCUT2D eigenvalue weighted by atomic mass is 10.1. The van der Waals surface area contributed by atoms with Gasteiger partial charge in [0.25, 0.3) is 0 Å². The van der Waals surface area contributed by atoms with E-state index < -0.39 is 0 Å². The molecule has 0 saturated heterocycles. The van der Waals surface area contributed by atoms with Crippen LogP contribution in [-0.4, -0.2) is 9.97 Å². The van der Waals surface area contributed by atoms with Gasteiger partial charge >= 0.3 is 0 Å². The average molecular weight is 309 g/mol. The number of aromatic nitrogens is 2. The maximum absolute atomic E-state index is 6.29. The zero-order valence-electron chi connectivity index (χ0n) is 10.4. The van der Waals surface area contributed by atoms with Crippen LogP contribution in [0.15, 0.2) is 24.3 Å². The Bertz CT molecular complexity index is 780. The molecule has 2 aromatic heterocycles. The van der Waals surface area contributed by atoms with Crippen molar-refractivity contribution in [3.8, 4) is 10.7 Å². The summed E-state index contributed by atoms with van der Waals surface area (Å²) in [5.41, 5.74) is 1.74. The van der Waals surface area contributed by atoms with Crippen LogP contribution < -0.4 is 0 Å². The Morgan fingerprint density at radius 1 is 1.00 bits per heavy atom. The van der Waals surface area contributed by atoms with Gasteiger partial charge in [-0.1, -0.05) is 29.3 Å². The van der Waals surface area contributed by atoms with E-state index in [4.69, 9.17) is 23.2 Å². The first-order valence-corrected chi connectivity index (χ1v) is 7.32. The number of thiophene rings is 1. The number of fused-ring (bicyclic) bond motifs is 1. The first-order chi connectivity index (χ1) is 9.06. The Labute approximate surface area is 125 Å². The summed E-state index contributed by atoms with van der Waals surface area (Å²) < 4.78 is 0. The van der Waals surface area contributed by atoms with Crippen LogP contribution in [0, 0.1) is 13.8 Å². The van der Waals surface area contributed by atoms with Crippen molar-refractivity contribution in [2.45, 2.75) is 13.8 Å². The highest BCUT2D eigenvalue weighted by Crippen LogP contribution is 2.33. The molecule has 3 aromatic rings. The molecular formula is C14H10Cl2N2S. The van der Waals surface area contributed by atoms with Crippen molar-refractivity contribution in [3.63, 3.8) is 0 Å². The Hall–Kier alpha value is -1.16. The van der Waals surface area contributed by atoms with E-state index in [0.717, 1.165) is 15.8 Å². The van der Waals surface area contributed by atoms with E-state index in [1.54, 1.807) is 11.3 Å². The van der Waals surface area contributed by atoms with Gasteiger partial charge in [0.2, 0.25) is 0 Å². The molecule has 0 aliphatic carbocycles. The van der Waals surface area contributed by atoms with Crippen molar-refractivity contribution < 1.29 is 0 Å². The van der Waals surface area contributed by atoms with Gasteiger partial charge in [0.1, 0.15) is 5.15 Å². The molecule has 2 nitrogen and oxygen atoms in total. The van der Waals surface area contributed by atoms with Crippen LogP contribution in [0.4, 0.5) is 0 Å². The summed E-state index contributed by atoms with van der Waals surface area (Å²) in [5.74, 6) is 0.628. The highest BCUT2D eigenvalue weighted by Gasteiger charge is 2.13. The van der Waals surface area contributed by atoms with Crippen molar-refractivity contribution in [2.24, 2.45) is 0 Å². The van der Waals surface area contributed by atoms with Gasteiger partial charge in [-0.3, -0.25) is 0 Å². The molecule has 0 aliphatic rings. The quantitative estimate of drug-likeness (QED) is 0.571. The molecule has 0 radical (unpaired) electrons. The summed E-state index contributed by atoms with van der Waals surface area (Å²) >= 11 is 14.2. The molecule has 0 spiro atoms. The number of halogens is 2. The second kappa shape index (κ2) is 4.75. The van der Waals surface area contributed by atoms with Crippen LogP contribution in [0.5, 0.6) is 0 Å². The van der Waals surface area contributed by atoms with Crippen molar-refractivity contribution in [3.05, 3.63) is 44.9 Å². The lowest BCUT2D eigenvalue weighted by Crippen LogP contribution is -1.93. The number of hydrogen-bond acceptors (Lipinski definition) is 3. The average Bonchev–Trinajstić information content (AvgIpc) is 2.80. The number of rotatable bonds is 1. The van der Waals surface area contributed by atoms with E-state index in [9.17, 15) is 0 Å². The van der Waals surface area contributed by atoms with Gasteiger partial charge in [0.05, 0.1) is 15.4 Å². The van der Waals surface area contributed by atoms with Gasteiger partial charge in [-0.05, 0) is 37.6 Å². The predicted molar refractivity (Wildman–Crippen MR) is 82.3 cm³/mol. The minimum absolute atomic E-state index is 0.450. The smallest absolute Gasteiger partial charge is 0.171 e. The van der Waals surface area contributed by atoms with Gasteiger partial charge < -0.3 is 0 Å². The third-order valence-electron chi connectivity index (χ3n) is 2.93. The second-order valence-electron chi connectivity index (χ2n) is 4.34. The lowest BCUT2D eigenvalue weighted by Gasteiger charge is -2.07. The standard InChI is InChI=1S/C14H10Cl2N2S/c1-7-3-5-9(15)12-11(7)13(16)18-14(17-12)10-6-4-8(2)19-10/h3-6H,1-2H3. The molecule has 2 heterocycles. The number of aryl methyl sites for hydroxylation is 2. The zero-order chi connectivity index (χ0) is 13.6. The molecule has 1 aromatic carbocycles.